The highest BCUT2D eigenvalue weighted by atomic mass is 16.5. The lowest BCUT2D eigenvalue weighted by molar-refractivity contribution is 0.107. The third-order valence-electron chi connectivity index (χ3n) is 3.01. The van der Waals surface area contributed by atoms with Gasteiger partial charge in [-0.2, -0.15) is 0 Å². The van der Waals surface area contributed by atoms with Crippen LogP contribution in [0.15, 0.2) is 18.7 Å². The van der Waals surface area contributed by atoms with E-state index in [4.69, 9.17) is 4.74 Å². The Morgan fingerprint density at radius 1 is 1.50 bits per heavy atom. The van der Waals surface area contributed by atoms with Gasteiger partial charge in [-0.25, -0.2) is 9.78 Å². The topological polar surface area (TPSA) is 47.4 Å². The molecule has 0 aliphatic carbocycles. The molecule has 0 aromatic carbocycles. The zero-order chi connectivity index (χ0) is 11.4. The second-order valence-electron chi connectivity index (χ2n) is 4.14. The Morgan fingerprint density at radius 3 is 2.81 bits per heavy atom. The van der Waals surface area contributed by atoms with Crippen LogP contribution in [0.3, 0.4) is 0 Å². The summed E-state index contributed by atoms with van der Waals surface area (Å²) in [7, 11) is 1.73. The van der Waals surface area contributed by atoms with Crippen LogP contribution in [-0.2, 0) is 4.74 Å². The Labute approximate surface area is 95.0 Å². The van der Waals surface area contributed by atoms with Gasteiger partial charge in [-0.05, 0) is 18.8 Å². The van der Waals surface area contributed by atoms with Crippen LogP contribution in [0.5, 0.6) is 0 Å². The number of methoxy groups -OCH3 is 1. The maximum Gasteiger partial charge on any atom is 0.329 e. The van der Waals surface area contributed by atoms with Gasteiger partial charge in [0.05, 0.1) is 0 Å². The first-order valence-electron chi connectivity index (χ1n) is 5.57. The lowest BCUT2D eigenvalue weighted by atomic mass is 9.98. The fourth-order valence-corrected chi connectivity index (χ4v) is 2.06. The van der Waals surface area contributed by atoms with Crippen molar-refractivity contribution >= 4 is 6.03 Å². The lowest BCUT2D eigenvalue weighted by Gasteiger charge is -2.31. The van der Waals surface area contributed by atoms with E-state index in [2.05, 4.69) is 4.98 Å². The maximum atomic E-state index is 11.9. The zero-order valence-corrected chi connectivity index (χ0v) is 9.50. The fourth-order valence-electron chi connectivity index (χ4n) is 2.06. The summed E-state index contributed by atoms with van der Waals surface area (Å²) in [5.74, 6) is 0.594. The Hall–Kier alpha value is -1.36. The molecule has 5 nitrogen and oxygen atoms in total. The number of carbonyl (C=O) groups is 1. The van der Waals surface area contributed by atoms with Gasteiger partial charge in [0, 0.05) is 39.2 Å². The van der Waals surface area contributed by atoms with Gasteiger partial charge in [0.1, 0.15) is 6.33 Å². The molecule has 1 aromatic rings. The van der Waals surface area contributed by atoms with E-state index in [1.165, 1.54) is 4.57 Å². The van der Waals surface area contributed by atoms with E-state index in [0.717, 1.165) is 32.5 Å². The number of amides is 1. The lowest BCUT2D eigenvalue weighted by Crippen LogP contribution is -2.41. The van der Waals surface area contributed by atoms with Gasteiger partial charge in [-0.1, -0.05) is 0 Å². The van der Waals surface area contributed by atoms with Gasteiger partial charge in [0.2, 0.25) is 0 Å². The number of aromatic nitrogens is 2. The Balaban J connectivity index is 1.87. The molecule has 0 spiro atoms. The summed E-state index contributed by atoms with van der Waals surface area (Å²) in [5.41, 5.74) is 0. The van der Waals surface area contributed by atoms with Crippen molar-refractivity contribution in [1.82, 2.24) is 14.5 Å². The van der Waals surface area contributed by atoms with Gasteiger partial charge in [0.25, 0.3) is 0 Å². The molecule has 2 heterocycles. The molecule has 0 saturated carbocycles. The van der Waals surface area contributed by atoms with E-state index in [9.17, 15) is 4.79 Å². The standard InChI is InChI=1S/C11H17N3O2/c1-16-8-10-2-5-13(6-3-10)11(15)14-7-4-12-9-14/h4,7,9-10H,2-3,5-6,8H2,1H3. The number of hydrogen-bond donors (Lipinski definition) is 0. The first-order chi connectivity index (χ1) is 7.81. The SMILES string of the molecule is COCC1CCN(C(=O)n2ccnc2)CC1. The van der Waals surface area contributed by atoms with Gasteiger partial charge >= 0.3 is 6.03 Å². The molecule has 1 aliphatic rings. The molecule has 2 rings (SSSR count). The molecule has 5 heteroatoms. The van der Waals surface area contributed by atoms with E-state index >= 15 is 0 Å². The summed E-state index contributed by atoms with van der Waals surface area (Å²) in [6.07, 6.45) is 6.89. The number of likely N-dealkylation sites (tertiary alicyclic amines) is 1. The van der Waals surface area contributed by atoms with Gasteiger partial charge in [0.15, 0.2) is 0 Å². The van der Waals surface area contributed by atoms with Gasteiger partial charge in [-0.3, -0.25) is 4.57 Å². The quantitative estimate of drug-likeness (QED) is 0.757. The number of hydrogen-bond acceptors (Lipinski definition) is 3. The second-order valence-corrected chi connectivity index (χ2v) is 4.14. The van der Waals surface area contributed by atoms with Crippen LogP contribution in [0.2, 0.25) is 0 Å². The smallest absolute Gasteiger partial charge is 0.329 e. The van der Waals surface area contributed by atoms with Crippen LogP contribution in [-0.4, -0.2) is 47.3 Å². The molecule has 1 aliphatic heterocycles. The molecule has 0 N–H and O–H groups in total. The van der Waals surface area contributed by atoms with Crippen molar-refractivity contribution in [3.8, 4) is 0 Å². The molecule has 0 unspecified atom stereocenters. The van der Waals surface area contributed by atoms with Crippen LogP contribution < -0.4 is 0 Å². The van der Waals surface area contributed by atoms with E-state index in [1.807, 2.05) is 4.90 Å². The van der Waals surface area contributed by atoms with Gasteiger partial charge < -0.3 is 9.64 Å². The second kappa shape index (κ2) is 5.12. The normalized spacial score (nSPS) is 17.7. The molecule has 0 bridgehead atoms. The van der Waals surface area contributed by atoms with Crippen molar-refractivity contribution in [1.29, 1.82) is 0 Å². The number of piperidine rings is 1. The highest BCUT2D eigenvalue weighted by Crippen LogP contribution is 2.17. The predicted octanol–water partition coefficient (Wildman–Crippen LogP) is 1.21. The summed E-state index contributed by atoms with van der Waals surface area (Å²) in [4.78, 5) is 17.7. The van der Waals surface area contributed by atoms with E-state index in [1.54, 1.807) is 25.8 Å². The largest absolute Gasteiger partial charge is 0.384 e. The number of nitrogens with zero attached hydrogens (tertiary/aromatic N) is 3. The highest BCUT2D eigenvalue weighted by Gasteiger charge is 2.23. The van der Waals surface area contributed by atoms with E-state index < -0.39 is 0 Å². The molecule has 1 saturated heterocycles. The van der Waals surface area contributed by atoms with E-state index in [0.29, 0.717) is 5.92 Å². The minimum atomic E-state index is 0.0216. The fraction of sp³-hybridized carbons (Fsp3) is 0.636. The third kappa shape index (κ3) is 2.41. The molecule has 1 fully saturated rings. The summed E-state index contributed by atoms with van der Waals surface area (Å²) in [6, 6.07) is 0.0216. The van der Waals surface area contributed by atoms with Crippen molar-refractivity contribution in [2.75, 3.05) is 26.8 Å². The van der Waals surface area contributed by atoms with Crippen LogP contribution in [0, 0.1) is 5.92 Å². The number of ether oxygens (including phenoxy) is 1. The number of carbonyl (C=O) groups excluding carboxylic acids is 1. The maximum absolute atomic E-state index is 11.9. The van der Waals surface area contributed by atoms with Crippen LogP contribution in [0.1, 0.15) is 12.8 Å². The summed E-state index contributed by atoms with van der Waals surface area (Å²) in [5, 5.41) is 0. The molecular weight excluding hydrogens is 206 g/mol. The molecule has 0 radical (unpaired) electrons. The summed E-state index contributed by atoms with van der Waals surface area (Å²) < 4.78 is 6.66. The summed E-state index contributed by atoms with van der Waals surface area (Å²) >= 11 is 0. The average molecular weight is 223 g/mol. The van der Waals surface area contributed by atoms with Crippen molar-refractivity contribution in [2.45, 2.75) is 12.8 Å². The molecule has 0 atom stereocenters. The molecular formula is C11H17N3O2. The van der Waals surface area contributed by atoms with Crippen molar-refractivity contribution in [3.05, 3.63) is 18.7 Å². The third-order valence-corrected chi connectivity index (χ3v) is 3.01. The molecule has 1 amide bonds. The first-order valence-corrected chi connectivity index (χ1v) is 5.57. The minimum Gasteiger partial charge on any atom is -0.384 e. The highest BCUT2D eigenvalue weighted by molar-refractivity contribution is 5.76. The van der Waals surface area contributed by atoms with Crippen LogP contribution in [0.25, 0.3) is 0 Å². The van der Waals surface area contributed by atoms with E-state index in [-0.39, 0.29) is 6.03 Å². The van der Waals surface area contributed by atoms with Gasteiger partial charge in [-0.15, -0.1) is 0 Å². The Bertz CT molecular complexity index is 329. The monoisotopic (exact) mass is 223 g/mol. The summed E-state index contributed by atoms with van der Waals surface area (Å²) in [6.45, 7) is 2.42. The molecule has 1 aromatic heterocycles. The van der Waals surface area contributed by atoms with Crippen molar-refractivity contribution in [2.24, 2.45) is 5.92 Å². The van der Waals surface area contributed by atoms with Crippen LogP contribution >= 0.6 is 0 Å². The zero-order valence-electron chi connectivity index (χ0n) is 9.50. The average Bonchev–Trinajstić information content (AvgIpc) is 2.83. The predicted molar refractivity (Wildman–Crippen MR) is 59.2 cm³/mol. The number of rotatable bonds is 2. The molecule has 16 heavy (non-hydrogen) atoms. The van der Waals surface area contributed by atoms with Crippen LogP contribution in [0.4, 0.5) is 4.79 Å². The van der Waals surface area contributed by atoms with Crippen molar-refractivity contribution in [3.63, 3.8) is 0 Å². The number of imidazole rings is 1. The van der Waals surface area contributed by atoms with Crippen molar-refractivity contribution < 1.29 is 9.53 Å². The Kier molecular flexibility index (Phi) is 3.56. The first kappa shape index (κ1) is 11.1. The Morgan fingerprint density at radius 2 is 2.25 bits per heavy atom. The molecule has 88 valence electrons. The minimum absolute atomic E-state index is 0.0216.